The van der Waals surface area contributed by atoms with E-state index in [1.165, 1.54) is 36.2 Å². The van der Waals surface area contributed by atoms with E-state index in [1.54, 1.807) is 77.0 Å². The maximum absolute atomic E-state index is 10.7. The summed E-state index contributed by atoms with van der Waals surface area (Å²) in [5.74, 6) is 0. The third-order valence-electron chi connectivity index (χ3n) is 6.36. The summed E-state index contributed by atoms with van der Waals surface area (Å²) in [4.78, 5) is 0.933. The molecule has 0 unspecified atom stereocenters. The molecule has 0 heterocycles. The third-order valence-corrected chi connectivity index (χ3v) is 11.5. The van der Waals surface area contributed by atoms with Gasteiger partial charge in [-0.1, -0.05) is 65.7 Å². The van der Waals surface area contributed by atoms with Crippen LogP contribution in [-0.2, 0) is 29.3 Å². The smallest absolute Gasteiger partial charge is 0.485 e. The number of hydrogen-bond donors (Lipinski definition) is 0. The Bertz CT molecular complexity index is 541. The molecule has 9 heteroatoms. The summed E-state index contributed by atoms with van der Waals surface area (Å²) in [6, 6.07) is 0. The fourth-order valence-electron chi connectivity index (χ4n) is 5.03. The molecular weight excluding hydrogens is 539 g/mol. The average molecular weight is 577 g/mol. The van der Waals surface area contributed by atoms with Gasteiger partial charge in [0.15, 0.2) is 10.1 Å². The monoisotopic (exact) mass is 576 g/mol. The van der Waals surface area contributed by atoms with E-state index in [1.807, 2.05) is 6.08 Å². The third kappa shape index (κ3) is 11.5. The van der Waals surface area contributed by atoms with Crippen LogP contribution in [0.5, 0.6) is 0 Å². The van der Waals surface area contributed by atoms with Crippen LogP contribution < -0.4 is 0 Å². The molecule has 186 valence electrons. The second kappa shape index (κ2) is 15.4. The Kier molecular flexibility index (Phi) is 14.7. The molecule has 3 aliphatic rings. The van der Waals surface area contributed by atoms with Crippen LogP contribution in [0.25, 0.3) is 0 Å². The molecule has 0 N–H and O–H groups in total. The molecule has 0 spiro atoms. The quantitative estimate of drug-likeness (QED) is 0.114. The molecule has 0 radical (unpaired) electrons. The number of rotatable bonds is 4. The zero-order chi connectivity index (χ0) is 23.3. The second-order valence-electron chi connectivity index (χ2n) is 8.64. The van der Waals surface area contributed by atoms with Crippen molar-refractivity contribution < 1.29 is 45.3 Å². The van der Waals surface area contributed by atoms with Crippen molar-refractivity contribution >= 4 is 18.0 Å². The Morgan fingerprint density at radius 2 is 1.03 bits per heavy atom. The van der Waals surface area contributed by atoms with Gasteiger partial charge in [-0.05, 0) is 55.5 Å². The van der Waals surface area contributed by atoms with Gasteiger partial charge in [0.1, 0.15) is 0 Å². The molecule has 0 aliphatic heterocycles. The van der Waals surface area contributed by atoms with Gasteiger partial charge in [0.05, 0.1) is 0 Å². The van der Waals surface area contributed by atoms with E-state index in [4.69, 9.17) is 13.0 Å². The predicted molar refractivity (Wildman–Crippen MR) is 118 cm³/mol. The van der Waals surface area contributed by atoms with Gasteiger partial charge in [0.25, 0.3) is 0 Å². The van der Waals surface area contributed by atoms with Crippen LogP contribution in [0.3, 0.4) is 0 Å². The summed E-state index contributed by atoms with van der Waals surface area (Å²) in [5, 5.41) is 0. The molecule has 0 aromatic rings. The first-order valence-corrected chi connectivity index (χ1v) is 15.6. The molecular formula is C22H38F3O3PPdS. The largest absolute Gasteiger partial charge is 0.741 e. The van der Waals surface area contributed by atoms with E-state index < -0.39 is 15.6 Å². The van der Waals surface area contributed by atoms with E-state index in [-0.39, 0.29) is 0 Å². The van der Waals surface area contributed by atoms with Gasteiger partial charge in [0, 0.05) is 0 Å². The van der Waals surface area contributed by atoms with E-state index in [0.717, 1.165) is 4.89 Å². The van der Waals surface area contributed by atoms with Gasteiger partial charge >= 0.3 is 42.3 Å². The van der Waals surface area contributed by atoms with Crippen molar-refractivity contribution in [1.82, 2.24) is 0 Å². The van der Waals surface area contributed by atoms with Crippen LogP contribution in [0.4, 0.5) is 13.2 Å². The SMILES string of the molecule is C1CCC(P(C2CCCCC2)C2CCCCC2)CC1.C=C[CH2][Pd+].O=S(=O)([O-])C(F)(F)F. The summed E-state index contributed by atoms with van der Waals surface area (Å²) in [5.41, 5.74) is -2.08. The maximum Gasteiger partial charge on any atom is 0.485 e. The predicted octanol–water partition coefficient (Wildman–Crippen LogP) is 7.66. The van der Waals surface area contributed by atoms with Crippen molar-refractivity contribution in [2.24, 2.45) is 0 Å². The summed E-state index contributed by atoms with van der Waals surface area (Å²) in [6.07, 6.45) is 25.4. The topological polar surface area (TPSA) is 57.2 Å². The van der Waals surface area contributed by atoms with Crippen LogP contribution in [-0.4, -0.2) is 35.5 Å². The van der Waals surface area contributed by atoms with Crippen LogP contribution in [0.15, 0.2) is 12.7 Å². The van der Waals surface area contributed by atoms with Crippen molar-refractivity contribution in [2.45, 2.75) is 124 Å². The molecule has 0 atom stereocenters. The molecule has 3 nitrogen and oxygen atoms in total. The zero-order valence-electron chi connectivity index (χ0n) is 18.4. The Labute approximate surface area is 199 Å². The fourth-order valence-corrected chi connectivity index (χ4v) is 9.71. The summed E-state index contributed by atoms with van der Waals surface area (Å²) in [6.45, 7) is 3.44. The molecule has 31 heavy (non-hydrogen) atoms. The van der Waals surface area contributed by atoms with Crippen molar-refractivity contribution in [3.63, 3.8) is 0 Å². The van der Waals surface area contributed by atoms with Crippen molar-refractivity contribution in [2.75, 3.05) is 0 Å². The van der Waals surface area contributed by atoms with Gasteiger partial charge in [-0.2, -0.15) is 13.2 Å². The fraction of sp³-hybridized carbons (Fsp3) is 0.909. The van der Waals surface area contributed by atoms with E-state index >= 15 is 0 Å². The molecule has 3 aliphatic carbocycles. The van der Waals surface area contributed by atoms with Crippen LogP contribution >= 0.6 is 7.92 Å². The molecule has 3 rings (SSSR count). The average Bonchev–Trinajstić information content (AvgIpc) is 2.75. The molecule has 3 fully saturated rings. The van der Waals surface area contributed by atoms with Crippen LogP contribution in [0, 0.1) is 0 Å². The standard InChI is InChI=1S/C18H33P.C3H5.CHF3O3S.Pd/c1-4-10-16(11-5-1)19(17-12-6-2-7-13-17)18-14-8-3-9-15-18;1-3-2;2-1(3,4)8(5,6)7;/h16-18H,1-15H2;3H,1-2H2;(H,5,6,7);/q;;;+1/p-1. The first kappa shape index (κ1) is 29.6. The zero-order valence-corrected chi connectivity index (χ0v) is 21.6. The number of allylic oxidation sites excluding steroid dienone is 1. The van der Waals surface area contributed by atoms with Gasteiger partial charge in [-0.3, -0.25) is 0 Å². The number of alkyl halides is 3. The Balaban J connectivity index is 0.000000336. The first-order valence-electron chi connectivity index (χ1n) is 11.5. The van der Waals surface area contributed by atoms with Crippen molar-refractivity contribution in [1.29, 1.82) is 0 Å². The Hall–Kier alpha value is 0.532. The molecule has 0 aromatic heterocycles. The summed E-state index contributed by atoms with van der Waals surface area (Å²) >= 11 is 2.92. The minimum atomic E-state index is -6.09. The van der Waals surface area contributed by atoms with Crippen molar-refractivity contribution in [3.8, 4) is 0 Å². The summed E-state index contributed by atoms with van der Waals surface area (Å²) in [7, 11) is -5.71. The van der Waals surface area contributed by atoms with Gasteiger partial charge in [-0.15, -0.1) is 0 Å². The second-order valence-corrected chi connectivity index (χ2v) is 13.7. The van der Waals surface area contributed by atoms with E-state index in [9.17, 15) is 13.2 Å². The molecule has 0 saturated heterocycles. The minimum absolute atomic E-state index is 0.385. The number of hydrogen-bond acceptors (Lipinski definition) is 3. The van der Waals surface area contributed by atoms with E-state index in [2.05, 4.69) is 25.8 Å². The molecule has 0 bridgehead atoms. The summed E-state index contributed by atoms with van der Waals surface area (Å²) < 4.78 is 58.9. The molecule has 3 saturated carbocycles. The Morgan fingerprint density at radius 3 is 1.19 bits per heavy atom. The molecule has 0 amide bonds. The minimum Gasteiger partial charge on any atom is -0.741 e. The van der Waals surface area contributed by atoms with Gasteiger partial charge in [-0.25, -0.2) is 8.42 Å². The van der Waals surface area contributed by atoms with Gasteiger partial charge < -0.3 is 4.55 Å². The molecule has 0 aromatic carbocycles. The van der Waals surface area contributed by atoms with Crippen LogP contribution in [0.1, 0.15) is 96.3 Å². The van der Waals surface area contributed by atoms with Gasteiger partial charge in [0.2, 0.25) is 0 Å². The van der Waals surface area contributed by atoms with Crippen LogP contribution in [0.2, 0.25) is 4.89 Å². The van der Waals surface area contributed by atoms with E-state index in [0.29, 0.717) is 7.92 Å². The first-order chi connectivity index (χ1) is 14.6. The maximum atomic E-state index is 10.7. The Morgan fingerprint density at radius 1 is 0.806 bits per heavy atom. The number of halogens is 3. The normalized spacial score (nSPS) is 22.2. The van der Waals surface area contributed by atoms with Crippen molar-refractivity contribution in [3.05, 3.63) is 12.7 Å².